The van der Waals surface area contributed by atoms with Gasteiger partial charge >= 0.3 is 0 Å². The standard InChI is InChI=1S/C13H14Cl2FN/c14-10-5-9(16)6-11(15)13(10)17-12(7-1-2-7)8-3-4-8/h5-8,12,17H,1-4H2. The van der Waals surface area contributed by atoms with Gasteiger partial charge < -0.3 is 5.32 Å². The van der Waals surface area contributed by atoms with Gasteiger partial charge in [0.25, 0.3) is 0 Å². The number of anilines is 1. The molecule has 2 aliphatic rings. The molecule has 1 N–H and O–H groups in total. The summed E-state index contributed by atoms with van der Waals surface area (Å²) >= 11 is 12.1. The van der Waals surface area contributed by atoms with Gasteiger partial charge in [-0.25, -0.2) is 4.39 Å². The molecule has 1 aromatic carbocycles. The largest absolute Gasteiger partial charge is 0.379 e. The van der Waals surface area contributed by atoms with Gasteiger partial charge in [0.05, 0.1) is 15.7 Å². The van der Waals surface area contributed by atoms with Gasteiger partial charge in [0, 0.05) is 6.04 Å². The van der Waals surface area contributed by atoms with Crippen LogP contribution in [0.1, 0.15) is 25.7 Å². The molecule has 4 heteroatoms. The van der Waals surface area contributed by atoms with Gasteiger partial charge in [-0.15, -0.1) is 0 Å². The second kappa shape index (κ2) is 4.33. The van der Waals surface area contributed by atoms with Crippen molar-refractivity contribution >= 4 is 28.9 Å². The van der Waals surface area contributed by atoms with Gasteiger partial charge in [0.1, 0.15) is 5.82 Å². The number of nitrogens with one attached hydrogen (secondary N) is 1. The molecule has 0 spiro atoms. The molecule has 0 atom stereocenters. The Morgan fingerprint density at radius 2 is 1.53 bits per heavy atom. The van der Waals surface area contributed by atoms with E-state index in [1.165, 1.54) is 37.8 Å². The lowest BCUT2D eigenvalue weighted by atomic mass is 10.1. The molecule has 0 saturated heterocycles. The molecule has 0 radical (unpaired) electrons. The molecular formula is C13H14Cl2FN. The predicted molar refractivity (Wildman–Crippen MR) is 69.3 cm³/mol. The van der Waals surface area contributed by atoms with Crippen LogP contribution in [0.3, 0.4) is 0 Å². The zero-order valence-electron chi connectivity index (χ0n) is 9.35. The minimum absolute atomic E-state index is 0.376. The van der Waals surface area contributed by atoms with Crippen molar-refractivity contribution in [1.82, 2.24) is 0 Å². The molecule has 0 aliphatic heterocycles. The zero-order chi connectivity index (χ0) is 12.0. The van der Waals surface area contributed by atoms with Gasteiger partial charge in [0.2, 0.25) is 0 Å². The van der Waals surface area contributed by atoms with Gasteiger partial charge in [-0.2, -0.15) is 0 Å². The quantitative estimate of drug-likeness (QED) is 0.836. The summed E-state index contributed by atoms with van der Waals surface area (Å²) in [6.07, 6.45) is 5.13. The fourth-order valence-electron chi connectivity index (χ4n) is 2.38. The average molecular weight is 274 g/mol. The Bertz CT molecular complexity index is 406. The lowest BCUT2D eigenvalue weighted by Crippen LogP contribution is -2.24. The van der Waals surface area contributed by atoms with E-state index in [4.69, 9.17) is 23.2 Å². The van der Waals surface area contributed by atoms with Crippen molar-refractivity contribution in [3.8, 4) is 0 Å². The average Bonchev–Trinajstić information content (AvgIpc) is 3.12. The van der Waals surface area contributed by atoms with Crippen LogP contribution in [0.4, 0.5) is 10.1 Å². The van der Waals surface area contributed by atoms with E-state index in [1.807, 2.05) is 0 Å². The summed E-state index contributed by atoms with van der Waals surface area (Å²) in [7, 11) is 0. The van der Waals surface area contributed by atoms with E-state index >= 15 is 0 Å². The summed E-state index contributed by atoms with van der Waals surface area (Å²) < 4.78 is 13.1. The molecule has 0 unspecified atom stereocenters. The van der Waals surface area contributed by atoms with Crippen molar-refractivity contribution in [3.05, 3.63) is 28.0 Å². The fraction of sp³-hybridized carbons (Fsp3) is 0.538. The molecule has 1 nitrogen and oxygen atoms in total. The Labute approximate surface area is 110 Å². The Hall–Kier alpha value is -0.470. The molecule has 0 aromatic heterocycles. The molecule has 2 aliphatic carbocycles. The van der Waals surface area contributed by atoms with E-state index in [-0.39, 0.29) is 5.82 Å². The van der Waals surface area contributed by atoms with E-state index in [9.17, 15) is 4.39 Å². The SMILES string of the molecule is Fc1cc(Cl)c(NC(C2CC2)C2CC2)c(Cl)c1. The third-order valence-electron chi connectivity index (χ3n) is 3.58. The van der Waals surface area contributed by atoms with Crippen molar-refractivity contribution in [1.29, 1.82) is 0 Å². The highest BCUT2D eigenvalue weighted by molar-refractivity contribution is 6.39. The van der Waals surface area contributed by atoms with Gasteiger partial charge in [-0.3, -0.25) is 0 Å². The highest BCUT2D eigenvalue weighted by Crippen LogP contribution is 2.47. The van der Waals surface area contributed by atoms with Crippen molar-refractivity contribution in [2.45, 2.75) is 31.7 Å². The maximum absolute atomic E-state index is 13.1. The highest BCUT2D eigenvalue weighted by Gasteiger charge is 2.41. The number of hydrogen-bond donors (Lipinski definition) is 1. The van der Waals surface area contributed by atoms with Crippen LogP contribution in [-0.4, -0.2) is 6.04 Å². The third-order valence-corrected chi connectivity index (χ3v) is 4.17. The normalized spacial score (nSPS) is 19.8. The van der Waals surface area contributed by atoms with Crippen molar-refractivity contribution < 1.29 is 4.39 Å². The van der Waals surface area contributed by atoms with Crippen molar-refractivity contribution in [3.63, 3.8) is 0 Å². The fourth-order valence-corrected chi connectivity index (χ4v) is 2.95. The van der Waals surface area contributed by atoms with Crippen LogP contribution in [0, 0.1) is 17.7 Å². The number of benzene rings is 1. The predicted octanol–water partition coefficient (Wildman–Crippen LogP) is 4.73. The number of halogens is 3. The van der Waals surface area contributed by atoms with Crippen LogP contribution in [0.2, 0.25) is 10.0 Å². The van der Waals surface area contributed by atoms with Crippen molar-refractivity contribution in [2.75, 3.05) is 5.32 Å². The zero-order valence-corrected chi connectivity index (χ0v) is 10.9. The smallest absolute Gasteiger partial charge is 0.126 e. The first kappa shape index (κ1) is 11.6. The van der Waals surface area contributed by atoms with Crippen LogP contribution in [0.25, 0.3) is 0 Å². The Morgan fingerprint density at radius 1 is 1.06 bits per heavy atom. The van der Waals surface area contributed by atoms with E-state index in [0.717, 1.165) is 11.8 Å². The van der Waals surface area contributed by atoms with Crippen LogP contribution in [-0.2, 0) is 0 Å². The molecule has 17 heavy (non-hydrogen) atoms. The monoisotopic (exact) mass is 273 g/mol. The lowest BCUT2D eigenvalue weighted by molar-refractivity contribution is 0.567. The first-order chi connectivity index (χ1) is 8.15. The van der Waals surface area contributed by atoms with Crippen molar-refractivity contribution in [2.24, 2.45) is 11.8 Å². The Kier molecular flexibility index (Phi) is 2.95. The first-order valence-electron chi connectivity index (χ1n) is 6.06. The number of rotatable bonds is 4. The van der Waals surface area contributed by atoms with Gasteiger partial charge in [0.15, 0.2) is 0 Å². The van der Waals surface area contributed by atoms with Crippen LogP contribution < -0.4 is 5.32 Å². The second-order valence-corrected chi connectivity index (χ2v) is 5.90. The van der Waals surface area contributed by atoms with E-state index in [2.05, 4.69) is 5.32 Å². The van der Waals surface area contributed by atoms with E-state index in [0.29, 0.717) is 21.8 Å². The molecule has 2 saturated carbocycles. The first-order valence-corrected chi connectivity index (χ1v) is 6.82. The molecule has 92 valence electrons. The second-order valence-electron chi connectivity index (χ2n) is 5.09. The minimum atomic E-state index is -0.389. The Balaban J connectivity index is 1.83. The lowest BCUT2D eigenvalue weighted by Gasteiger charge is -2.21. The van der Waals surface area contributed by atoms with Crippen LogP contribution >= 0.6 is 23.2 Å². The summed E-state index contributed by atoms with van der Waals surface area (Å²) in [5.41, 5.74) is 0.693. The van der Waals surface area contributed by atoms with Crippen LogP contribution in [0.15, 0.2) is 12.1 Å². The summed E-state index contributed by atoms with van der Waals surface area (Å²) in [5, 5.41) is 4.19. The summed E-state index contributed by atoms with van der Waals surface area (Å²) in [5.74, 6) is 1.11. The maximum Gasteiger partial charge on any atom is 0.126 e. The summed E-state index contributed by atoms with van der Waals surface area (Å²) in [4.78, 5) is 0. The topological polar surface area (TPSA) is 12.0 Å². The molecule has 1 aromatic rings. The minimum Gasteiger partial charge on any atom is -0.379 e. The van der Waals surface area contributed by atoms with E-state index < -0.39 is 0 Å². The van der Waals surface area contributed by atoms with E-state index in [1.54, 1.807) is 0 Å². The van der Waals surface area contributed by atoms with Gasteiger partial charge in [-0.1, -0.05) is 23.2 Å². The molecule has 2 fully saturated rings. The van der Waals surface area contributed by atoms with Gasteiger partial charge in [-0.05, 0) is 49.7 Å². The molecule has 3 rings (SSSR count). The maximum atomic E-state index is 13.1. The highest BCUT2D eigenvalue weighted by atomic mass is 35.5. The van der Waals surface area contributed by atoms with Crippen LogP contribution in [0.5, 0.6) is 0 Å². The summed E-state index contributed by atoms with van der Waals surface area (Å²) in [6.45, 7) is 0. The summed E-state index contributed by atoms with van der Waals surface area (Å²) in [6, 6.07) is 3.09. The molecular weight excluding hydrogens is 260 g/mol. The third kappa shape index (κ3) is 2.53. The number of hydrogen-bond acceptors (Lipinski definition) is 1. The molecule has 0 heterocycles. The molecule has 0 bridgehead atoms. The Morgan fingerprint density at radius 3 is 1.94 bits per heavy atom. The molecule has 0 amide bonds.